The average Bonchev–Trinajstić information content (AvgIpc) is 3.03. The van der Waals surface area contributed by atoms with E-state index in [1.54, 1.807) is 35.7 Å². The van der Waals surface area contributed by atoms with Gasteiger partial charge in [-0.15, -0.1) is 11.3 Å². The Hall–Kier alpha value is -2.45. The van der Waals surface area contributed by atoms with E-state index < -0.39 is 10.1 Å². The van der Waals surface area contributed by atoms with Gasteiger partial charge in [0.05, 0.1) is 18.4 Å². The van der Waals surface area contributed by atoms with E-state index in [0.29, 0.717) is 5.56 Å². The summed E-state index contributed by atoms with van der Waals surface area (Å²) in [7, 11) is -3.60. The van der Waals surface area contributed by atoms with E-state index in [1.165, 1.54) is 6.07 Å². The average molecular weight is 405 g/mol. The van der Waals surface area contributed by atoms with Gasteiger partial charge >= 0.3 is 10.1 Å². The fourth-order valence-corrected chi connectivity index (χ4v) is 4.19. The van der Waals surface area contributed by atoms with E-state index in [4.69, 9.17) is 4.18 Å². The molecule has 0 saturated heterocycles. The highest BCUT2D eigenvalue weighted by molar-refractivity contribution is 7.86. The molecular weight excluding hydrogens is 384 g/mol. The topological polar surface area (TPSA) is 84.8 Å². The number of thiophene rings is 1. The molecule has 1 amide bonds. The Morgan fingerprint density at radius 3 is 2.89 bits per heavy atom. The fourth-order valence-electron chi connectivity index (χ4n) is 2.74. The number of nitrogens with one attached hydrogen (secondary N) is 1. The number of nitrogens with zero attached hydrogens (tertiary/aromatic N) is 1. The van der Waals surface area contributed by atoms with Crippen LogP contribution < -0.4 is 9.50 Å². The van der Waals surface area contributed by atoms with E-state index in [1.807, 2.05) is 17.7 Å². The van der Waals surface area contributed by atoms with Crippen molar-refractivity contribution in [2.75, 3.05) is 11.6 Å². The van der Waals surface area contributed by atoms with Crippen molar-refractivity contribution in [2.45, 2.75) is 25.2 Å². The zero-order valence-electron chi connectivity index (χ0n) is 15.0. The van der Waals surface area contributed by atoms with Crippen molar-refractivity contribution in [3.63, 3.8) is 0 Å². The van der Waals surface area contributed by atoms with E-state index in [0.717, 1.165) is 23.2 Å². The monoisotopic (exact) mass is 404 g/mol. The number of rotatable bonds is 6. The first-order valence-electron chi connectivity index (χ1n) is 8.30. The number of benzene rings is 1. The van der Waals surface area contributed by atoms with E-state index in [9.17, 15) is 13.2 Å². The summed E-state index contributed by atoms with van der Waals surface area (Å²) in [6.07, 6.45) is 7.68. The predicted molar refractivity (Wildman–Crippen MR) is 108 cm³/mol. The summed E-state index contributed by atoms with van der Waals surface area (Å²) in [5, 5.41) is 4.81. The Morgan fingerprint density at radius 1 is 1.37 bits per heavy atom. The number of hydrogen-bond donors (Lipinski definition) is 1. The smallest absolute Gasteiger partial charge is 0.306 e. The molecule has 2 aromatic rings. The van der Waals surface area contributed by atoms with Crippen LogP contribution in [0.15, 0.2) is 53.0 Å². The van der Waals surface area contributed by atoms with Crippen LogP contribution in [0.4, 0.5) is 5.69 Å². The van der Waals surface area contributed by atoms with Gasteiger partial charge in [0.15, 0.2) is 0 Å². The lowest BCUT2D eigenvalue weighted by molar-refractivity contribution is -0.115. The molecule has 0 saturated carbocycles. The molecule has 1 aliphatic heterocycles. The number of anilines is 1. The van der Waals surface area contributed by atoms with Crippen LogP contribution in [-0.4, -0.2) is 26.8 Å². The van der Waals surface area contributed by atoms with Crippen LogP contribution in [0.3, 0.4) is 0 Å². The van der Waals surface area contributed by atoms with E-state index in [-0.39, 0.29) is 23.5 Å². The van der Waals surface area contributed by atoms with E-state index >= 15 is 0 Å². The van der Waals surface area contributed by atoms with Crippen molar-refractivity contribution >= 4 is 39.3 Å². The zero-order valence-corrected chi connectivity index (χ0v) is 16.6. The molecule has 1 aromatic heterocycles. The highest BCUT2D eigenvalue weighted by Gasteiger charge is 2.26. The second-order valence-electron chi connectivity index (χ2n) is 6.63. The molecule has 0 aliphatic carbocycles. The summed E-state index contributed by atoms with van der Waals surface area (Å²) in [6.45, 7) is 2.14. The molecule has 3 rings (SSSR count). The van der Waals surface area contributed by atoms with Gasteiger partial charge in [-0.25, -0.2) is 0 Å². The maximum atomic E-state index is 12.3. The third kappa shape index (κ3) is 5.27. The van der Waals surface area contributed by atoms with E-state index in [2.05, 4.69) is 23.3 Å². The number of aliphatic imine (C=N–C) groups is 1. The molecule has 2 heterocycles. The second-order valence-corrected chi connectivity index (χ2v) is 9.11. The van der Waals surface area contributed by atoms with Crippen LogP contribution in [0.25, 0.3) is 0 Å². The Labute approximate surface area is 162 Å². The van der Waals surface area contributed by atoms with Crippen molar-refractivity contribution < 1.29 is 17.4 Å². The molecule has 1 N–H and O–H groups in total. The Balaban J connectivity index is 1.64. The van der Waals surface area contributed by atoms with Gasteiger partial charge in [-0.1, -0.05) is 25.1 Å². The van der Waals surface area contributed by atoms with Crippen LogP contribution in [0.2, 0.25) is 0 Å². The lowest BCUT2D eigenvalue weighted by Crippen LogP contribution is -2.19. The summed E-state index contributed by atoms with van der Waals surface area (Å²) in [6, 6.07) is 8.47. The summed E-state index contributed by atoms with van der Waals surface area (Å²) in [5.41, 5.74) is 1.32. The first-order chi connectivity index (χ1) is 12.7. The molecule has 0 bridgehead atoms. The Kier molecular flexibility index (Phi) is 5.48. The quantitative estimate of drug-likeness (QED) is 0.747. The van der Waals surface area contributed by atoms with Gasteiger partial charge in [-0.05, 0) is 30.2 Å². The van der Waals surface area contributed by atoms with Crippen molar-refractivity contribution in [1.82, 2.24) is 0 Å². The molecular formula is C19H20N2O4S2. The molecule has 0 radical (unpaired) electrons. The maximum Gasteiger partial charge on any atom is 0.306 e. The van der Waals surface area contributed by atoms with Crippen LogP contribution in [0.5, 0.6) is 5.75 Å². The van der Waals surface area contributed by atoms with Crippen molar-refractivity contribution in [3.8, 4) is 5.75 Å². The molecule has 0 fully saturated rings. The van der Waals surface area contributed by atoms with Gasteiger partial charge < -0.3 is 9.50 Å². The van der Waals surface area contributed by atoms with Crippen LogP contribution in [-0.2, 0) is 26.7 Å². The SMILES string of the molecule is C[C@@]1(c2cc(NC(=O)Cc3cccc(OS(C)(=O)=O)c3)cs2)C=CN=CC1. The minimum Gasteiger partial charge on any atom is -0.383 e. The number of carbonyl (C=O) groups is 1. The van der Waals surface area contributed by atoms with Gasteiger partial charge in [0.1, 0.15) is 5.75 Å². The van der Waals surface area contributed by atoms with Crippen molar-refractivity contribution in [2.24, 2.45) is 4.99 Å². The summed E-state index contributed by atoms with van der Waals surface area (Å²) in [5.74, 6) is 0.0149. The van der Waals surface area contributed by atoms with Gasteiger partial charge in [-0.2, -0.15) is 8.42 Å². The minimum atomic E-state index is -3.60. The third-order valence-corrected chi connectivity index (χ3v) is 5.81. The van der Waals surface area contributed by atoms with Crippen LogP contribution in [0, 0.1) is 0 Å². The fraction of sp³-hybridized carbons (Fsp3) is 0.263. The third-order valence-electron chi connectivity index (χ3n) is 4.11. The first kappa shape index (κ1) is 19.3. The van der Waals surface area contributed by atoms with Crippen molar-refractivity contribution in [1.29, 1.82) is 0 Å². The predicted octanol–water partition coefficient (Wildman–Crippen LogP) is 3.51. The summed E-state index contributed by atoms with van der Waals surface area (Å²) >= 11 is 1.60. The molecule has 8 heteroatoms. The summed E-state index contributed by atoms with van der Waals surface area (Å²) in [4.78, 5) is 17.6. The molecule has 1 aromatic carbocycles. The van der Waals surface area contributed by atoms with Crippen molar-refractivity contribution in [3.05, 3.63) is 58.4 Å². The maximum absolute atomic E-state index is 12.3. The molecule has 27 heavy (non-hydrogen) atoms. The minimum absolute atomic E-state index is 0.104. The first-order valence-corrected chi connectivity index (χ1v) is 11.0. The number of amides is 1. The number of allylic oxidation sites excluding steroid dienone is 1. The van der Waals surface area contributed by atoms with Gasteiger partial charge in [0, 0.05) is 28.1 Å². The molecule has 1 atom stereocenters. The molecule has 1 aliphatic rings. The zero-order chi connectivity index (χ0) is 19.5. The summed E-state index contributed by atoms with van der Waals surface area (Å²) < 4.78 is 27.3. The molecule has 0 unspecified atom stereocenters. The Morgan fingerprint density at radius 2 is 2.19 bits per heavy atom. The van der Waals surface area contributed by atoms with Gasteiger partial charge in [0.25, 0.3) is 0 Å². The highest BCUT2D eigenvalue weighted by Crippen LogP contribution is 2.36. The number of hydrogen-bond acceptors (Lipinski definition) is 6. The molecule has 6 nitrogen and oxygen atoms in total. The van der Waals surface area contributed by atoms with Crippen LogP contribution in [0.1, 0.15) is 23.8 Å². The lowest BCUT2D eigenvalue weighted by Gasteiger charge is -2.24. The normalized spacial score (nSPS) is 19.0. The molecule has 142 valence electrons. The standard InChI is InChI=1S/C19H20N2O4S2/c1-19(6-8-20-9-7-19)17-12-15(13-26-17)21-18(22)11-14-4-3-5-16(10-14)25-27(2,23)24/h3-6,8-10,12-13H,7,11H2,1-2H3,(H,21,22)/t19-/m1/s1. The highest BCUT2D eigenvalue weighted by atomic mass is 32.2. The lowest BCUT2D eigenvalue weighted by atomic mass is 9.84. The largest absolute Gasteiger partial charge is 0.383 e. The van der Waals surface area contributed by atoms with Gasteiger partial charge in [0.2, 0.25) is 5.91 Å². The number of carbonyl (C=O) groups excluding carboxylic acids is 1. The second kappa shape index (κ2) is 7.66. The Bertz CT molecular complexity index is 1010. The van der Waals surface area contributed by atoms with Gasteiger partial charge in [-0.3, -0.25) is 9.79 Å². The van der Waals surface area contributed by atoms with Crippen LogP contribution >= 0.6 is 11.3 Å². The molecule has 0 spiro atoms.